The third kappa shape index (κ3) is 6.11. The minimum Gasteiger partial charge on any atom is -0.481 e. The van der Waals surface area contributed by atoms with Crippen LogP contribution in [0.15, 0.2) is 48.5 Å². The number of rotatable bonds is 7. The lowest BCUT2D eigenvalue weighted by molar-refractivity contribution is -0.122. The number of carbonyl (C=O) groups excluding carboxylic acids is 2. The van der Waals surface area contributed by atoms with Crippen molar-refractivity contribution in [1.82, 2.24) is 5.32 Å². The maximum absolute atomic E-state index is 12.2. The summed E-state index contributed by atoms with van der Waals surface area (Å²) in [6, 6.07) is 15.6. The van der Waals surface area contributed by atoms with Gasteiger partial charge < -0.3 is 15.4 Å². The molecule has 2 amide bonds. The molecule has 0 aliphatic rings. The average molecular weight is 372 g/mol. The number of amides is 2. The van der Waals surface area contributed by atoms with Crippen molar-refractivity contribution in [2.45, 2.75) is 26.0 Å². The van der Waals surface area contributed by atoms with E-state index >= 15 is 0 Å². The predicted molar refractivity (Wildman–Crippen MR) is 98.7 cm³/mol. The van der Waals surface area contributed by atoms with Crippen molar-refractivity contribution in [1.29, 1.82) is 5.26 Å². The Kier molecular flexibility index (Phi) is 7.01. The molecule has 7 heteroatoms. The largest absolute Gasteiger partial charge is 0.481 e. The number of halogens is 1. The quantitative estimate of drug-likeness (QED) is 0.781. The van der Waals surface area contributed by atoms with E-state index in [0.717, 1.165) is 5.56 Å². The maximum Gasteiger partial charge on any atom is 0.265 e. The van der Waals surface area contributed by atoms with E-state index < -0.39 is 6.10 Å². The van der Waals surface area contributed by atoms with Crippen LogP contribution < -0.4 is 15.4 Å². The molecule has 0 bridgehead atoms. The van der Waals surface area contributed by atoms with Crippen LogP contribution in [0.25, 0.3) is 0 Å². The molecule has 1 unspecified atom stereocenters. The van der Waals surface area contributed by atoms with E-state index in [1.54, 1.807) is 61.5 Å². The predicted octanol–water partition coefficient (Wildman–Crippen LogP) is 3.28. The van der Waals surface area contributed by atoms with Crippen LogP contribution in [0.5, 0.6) is 5.75 Å². The molecule has 0 heterocycles. The Balaban J connectivity index is 1.85. The van der Waals surface area contributed by atoms with Crippen LogP contribution in [0.1, 0.15) is 18.9 Å². The van der Waals surface area contributed by atoms with Crippen molar-refractivity contribution in [3.8, 4) is 11.8 Å². The summed E-state index contributed by atoms with van der Waals surface area (Å²) in [6.45, 7) is 1.98. The van der Waals surface area contributed by atoms with Crippen LogP contribution in [0.3, 0.4) is 0 Å². The van der Waals surface area contributed by atoms with Crippen molar-refractivity contribution in [2.24, 2.45) is 0 Å². The van der Waals surface area contributed by atoms with Crippen molar-refractivity contribution < 1.29 is 14.3 Å². The molecule has 0 spiro atoms. The Morgan fingerprint density at radius 2 is 1.81 bits per heavy atom. The van der Waals surface area contributed by atoms with Gasteiger partial charge in [-0.1, -0.05) is 23.7 Å². The van der Waals surface area contributed by atoms with Crippen molar-refractivity contribution >= 4 is 29.1 Å². The van der Waals surface area contributed by atoms with E-state index in [9.17, 15) is 9.59 Å². The fourth-order valence-electron chi connectivity index (χ4n) is 2.06. The zero-order chi connectivity index (χ0) is 18.9. The van der Waals surface area contributed by atoms with Crippen LogP contribution in [0.4, 0.5) is 5.69 Å². The number of hydrogen-bond donors (Lipinski definition) is 2. The van der Waals surface area contributed by atoms with E-state index in [1.807, 2.05) is 0 Å². The zero-order valence-corrected chi connectivity index (χ0v) is 14.9. The summed E-state index contributed by atoms with van der Waals surface area (Å²) in [7, 11) is 0. The van der Waals surface area contributed by atoms with E-state index in [0.29, 0.717) is 23.0 Å². The van der Waals surface area contributed by atoms with Gasteiger partial charge in [-0.3, -0.25) is 9.59 Å². The Bertz CT molecular complexity index is 798. The summed E-state index contributed by atoms with van der Waals surface area (Å²) in [6.07, 6.45) is -0.847. The van der Waals surface area contributed by atoms with Gasteiger partial charge in [-0.15, -0.1) is 0 Å². The molecular weight excluding hydrogens is 354 g/mol. The summed E-state index contributed by atoms with van der Waals surface area (Å²) in [5, 5.41) is 14.4. The minimum absolute atomic E-state index is 0.167. The van der Waals surface area contributed by atoms with Gasteiger partial charge in [0.25, 0.3) is 5.91 Å². The summed E-state index contributed by atoms with van der Waals surface area (Å²) in [5.41, 5.74) is 1.48. The maximum atomic E-state index is 12.2. The number of ether oxygens (including phenoxy) is 1. The van der Waals surface area contributed by atoms with Crippen LogP contribution in [0.2, 0.25) is 5.02 Å². The number of benzene rings is 2. The van der Waals surface area contributed by atoms with Gasteiger partial charge in [0.2, 0.25) is 5.91 Å². The second kappa shape index (κ2) is 9.44. The number of nitrogens with one attached hydrogen (secondary N) is 2. The number of anilines is 1. The number of nitriles is 1. The Morgan fingerprint density at radius 1 is 1.15 bits per heavy atom. The van der Waals surface area contributed by atoms with Gasteiger partial charge in [0.05, 0.1) is 6.07 Å². The highest BCUT2D eigenvalue weighted by Crippen LogP contribution is 2.17. The zero-order valence-electron chi connectivity index (χ0n) is 14.2. The lowest BCUT2D eigenvalue weighted by Crippen LogP contribution is -2.30. The number of carbonyl (C=O) groups is 2. The molecule has 0 radical (unpaired) electrons. The topological polar surface area (TPSA) is 91.2 Å². The van der Waals surface area contributed by atoms with Gasteiger partial charge in [-0.05, 0) is 48.9 Å². The van der Waals surface area contributed by atoms with E-state index in [2.05, 4.69) is 10.6 Å². The Labute approximate surface area is 156 Å². The first kappa shape index (κ1) is 19.3. The van der Waals surface area contributed by atoms with Crippen molar-refractivity contribution in [3.05, 3.63) is 59.1 Å². The average Bonchev–Trinajstić information content (AvgIpc) is 2.63. The van der Waals surface area contributed by atoms with Gasteiger partial charge in [0.1, 0.15) is 12.2 Å². The summed E-state index contributed by atoms with van der Waals surface area (Å²) in [4.78, 5) is 23.5. The molecule has 0 saturated heterocycles. The molecule has 0 saturated carbocycles. The molecule has 0 fully saturated rings. The van der Waals surface area contributed by atoms with Gasteiger partial charge in [0, 0.05) is 17.3 Å². The second-order valence-corrected chi connectivity index (χ2v) is 5.95. The normalized spacial score (nSPS) is 11.1. The van der Waals surface area contributed by atoms with E-state index in [1.165, 1.54) is 0 Å². The number of nitrogens with zero attached hydrogens (tertiary/aromatic N) is 1. The molecule has 26 heavy (non-hydrogen) atoms. The van der Waals surface area contributed by atoms with Crippen LogP contribution in [0, 0.1) is 11.3 Å². The van der Waals surface area contributed by atoms with Crippen LogP contribution in [-0.2, 0) is 16.1 Å². The summed E-state index contributed by atoms with van der Waals surface area (Å²) >= 11 is 5.81. The first-order valence-electron chi connectivity index (χ1n) is 7.93. The van der Waals surface area contributed by atoms with Crippen LogP contribution >= 0.6 is 11.6 Å². The minimum atomic E-state index is -0.680. The molecule has 2 aromatic rings. The third-order valence-electron chi connectivity index (χ3n) is 3.45. The Hall–Kier alpha value is -3.04. The molecule has 6 nitrogen and oxygen atoms in total. The molecule has 2 rings (SSSR count). The standard InChI is InChI=1S/C19H18ClN3O3/c1-13(26-17-8-4-15(20)5-9-17)19(25)23-16-6-2-14(3-7-16)12-22-18(24)10-11-21/h2-9,13H,10,12H2,1H3,(H,22,24)(H,23,25). The molecule has 2 aromatic carbocycles. The van der Waals surface area contributed by atoms with E-state index in [4.69, 9.17) is 21.6 Å². The van der Waals surface area contributed by atoms with E-state index in [-0.39, 0.29) is 18.2 Å². The lowest BCUT2D eigenvalue weighted by atomic mass is 10.2. The molecule has 134 valence electrons. The van der Waals surface area contributed by atoms with Crippen molar-refractivity contribution in [2.75, 3.05) is 5.32 Å². The third-order valence-corrected chi connectivity index (χ3v) is 3.70. The van der Waals surface area contributed by atoms with Gasteiger partial charge in [-0.25, -0.2) is 0 Å². The highest BCUT2D eigenvalue weighted by atomic mass is 35.5. The highest BCUT2D eigenvalue weighted by Gasteiger charge is 2.15. The summed E-state index contributed by atoms with van der Waals surface area (Å²) < 4.78 is 5.57. The fraction of sp³-hybridized carbons (Fsp3) is 0.211. The molecular formula is C19H18ClN3O3. The van der Waals surface area contributed by atoms with Crippen LogP contribution in [-0.4, -0.2) is 17.9 Å². The molecule has 2 N–H and O–H groups in total. The molecule has 0 aliphatic carbocycles. The lowest BCUT2D eigenvalue weighted by Gasteiger charge is -2.15. The van der Waals surface area contributed by atoms with Gasteiger partial charge in [0.15, 0.2) is 6.10 Å². The number of hydrogen-bond acceptors (Lipinski definition) is 4. The second-order valence-electron chi connectivity index (χ2n) is 5.51. The smallest absolute Gasteiger partial charge is 0.265 e. The SMILES string of the molecule is CC(Oc1ccc(Cl)cc1)C(=O)Nc1ccc(CNC(=O)CC#N)cc1. The summed E-state index contributed by atoms with van der Waals surface area (Å²) in [5.74, 6) is -0.0476. The fourth-order valence-corrected chi connectivity index (χ4v) is 2.18. The van der Waals surface area contributed by atoms with Gasteiger partial charge >= 0.3 is 0 Å². The van der Waals surface area contributed by atoms with Gasteiger partial charge in [-0.2, -0.15) is 5.26 Å². The molecule has 0 aliphatic heterocycles. The van der Waals surface area contributed by atoms with Crippen molar-refractivity contribution in [3.63, 3.8) is 0 Å². The Morgan fingerprint density at radius 3 is 2.42 bits per heavy atom. The monoisotopic (exact) mass is 371 g/mol. The molecule has 1 atom stereocenters. The highest BCUT2D eigenvalue weighted by molar-refractivity contribution is 6.30. The first-order valence-corrected chi connectivity index (χ1v) is 8.31. The first-order chi connectivity index (χ1) is 12.5. The molecule has 0 aromatic heterocycles.